The van der Waals surface area contributed by atoms with Crippen LogP contribution in [0.3, 0.4) is 0 Å². The third-order valence-electron chi connectivity index (χ3n) is 4.84. The SMILES string of the molecule is Cn1cc(C(=O)NC[C@@]2(CO)C[C@H]2C(F)(F)F)c2ccccc2c1=O. The molecule has 1 saturated carbocycles. The lowest BCUT2D eigenvalue weighted by Crippen LogP contribution is -2.35. The number of aliphatic hydroxyl groups is 1. The number of pyridine rings is 1. The molecular weight excluding hydrogens is 337 g/mol. The van der Waals surface area contributed by atoms with E-state index in [1.165, 1.54) is 17.8 Å². The summed E-state index contributed by atoms with van der Waals surface area (Å²) < 4.78 is 39.7. The number of aryl methyl sites for hydroxylation is 1. The molecule has 1 aliphatic rings. The monoisotopic (exact) mass is 354 g/mol. The van der Waals surface area contributed by atoms with E-state index in [1.807, 2.05) is 0 Å². The zero-order chi connectivity index (χ0) is 18.4. The van der Waals surface area contributed by atoms with E-state index in [2.05, 4.69) is 5.32 Å². The Bertz CT molecular complexity index is 891. The second-order valence-electron chi connectivity index (χ2n) is 6.51. The molecule has 0 spiro atoms. The summed E-state index contributed by atoms with van der Waals surface area (Å²) in [6.07, 6.45) is -3.24. The van der Waals surface area contributed by atoms with E-state index in [4.69, 9.17) is 0 Å². The van der Waals surface area contributed by atoms with Crippen molar-refractivity contribution in [3.63, 3.8) is 0 Å². The number of nitrogens with one attached hydrogen (secondary N) is 1. The Labute approximate surface area is 141 Å². The number of fused-ring (bicyclic) bond motifs is 1. The van der Waals surface area contributed by atoms with Gasteiger partial charge in [0.15, 0.2) is 0 Å². The van der Waals surface area contributed by atoms with E-state index in [0.717, 1.165) is 0 Å². The first-order chi connectivity index (χ1) is 11.7. The van der Waals surface area contributed by atoms with E-state index in [0.29, 0.717) is 10.8 Å². The van der Waals surface area contributed by atoms with Crippen molar-refractivity contribution < 1.29 is 23.1 Å². The Morgan fingerprint density at radius 3 is 2.56 bits per heavy atom. The molecule has 1 amide bonds. The number of aromatic nitrogens is 1. The first-order valence-corrected chi connectivity index (χ1v) is 7.74. The van der Waals surface area contributed by atoms with Gasteiger partial charge in [-0.1, -0.05) is 18.2 Å². The predicted octanol–water partition coefficient (Wildman–Crippen LogP) is 1.83. The quantitative estimate of drug-likeness (QED) is 0.880. The maximum absolute atomic E-state index is 12.8. The Morgan fingerprint density at radius 2 is 2.00 bits per heavy atom. The minimum absolute atomic E-state index is 0.204. The number of benzene rings is 1. The van der Waals surface area contributed by atoms with Gasteiger partial charge in [0, 0.05) is 36.0 Å². The van der Waals surface area contributed by atoms with Crippen molar-refractivity contribution in [2.45, 2.75) is 12.6 Å². The van der Waals surface area contributed by atoms with E-state index in [9.17, 15) is 27.9 Å². The number of carbonyl (C=O) groups excluding carboxylic acids is 1. The molecule has 1 aromatic heterocycles. The summed E-state index contributed by atoms with van der Waals surface area (Å²) in [5.74, 6) is -2.19. The van der Waals surface area contributed by atoms with Crippen LogP contribution in [-0.2, 0) is 7.05 Å². The number of rotatable bonds is 4. The lowest BCUT2D eigenvalue weighted by atomic mass is 10.0. The van der Waals surface area contributed by atoms with Gasteiger partial charge < -0.3 is 15.0 Å². The number of hydrogen-bond acceptors (Lipinski definition) is 3. The molecule has 0 bridgehead atoms. The second-order valence-corrected chi connectivity index (χ2v) is 6.51. The zero-order valence-electron chi connectivity index (χ0n) is 13.4. The molecule has 2 aromatic rings. The van der Waals surface area contributed by atoms with Crippen LogP contribution in [0.4, 0.5) is 13.2 Å². The zero-order valence-corrected chi connectivity index (χ0v) is 13.4. The van der Waals surface area contributed by atoms with Gasteiger partial charge in [-0.2, -0.15) is 13.2 Å². The van der Waals surface area contributed by atoms with E-state index in [1.54, 1.807) is 24.3 Å². The Kier molecular flexibility index (Phi) is 4.10. The van der Waals surface area contributed by atoms with Gasteiger partial charge in [0.2, 0.25) is 0 Å². The van der Waals surface area contributed by atoms with Crippen molar-refractivity contribution in [1.82, 2.24) is 9.88 Å². The molecule has 25 heavy (non-hydrogen) atoms. The maximum atomic E-state index is 12.8. The van der Waals surface area contributed by atoms with E-state index >= 15 is 0 Å². The van der Waals surface area contributed by atoms with Crippen molar-refractivity contribution in [3.8, 4) is 0 Å². The first kappa shape index (κ1) is 17.5. The minimum Gasteiger partial charge on any atom is -0.396 e. The van der Waals surface area contributed by atoms with Crippen LogP contribution in [0.2, 0.25) is 0 Å². The summed E-state index contributed by atoms with van der Waals surface area (Å²) in [7, 11) is 1.50. The standard InChI is InChI=1S/C17H17F3N2O3/c1-22-7-12(10-4-2-3-5-11(10)15(22)25)14(24)21-8-16(9-23)6-13(16)17(18,19)20/h2-5,7,13,23H,6,8-9H2,1H3,(H,21,24)/t13-,16-/m1/s1. The summed E-state index contributed by atoms with van der Waals surface area (Å²) in [6.45, 7) is -0.921. The van der Waals surface area contributed by atoms with Crippen LogP contribution in [0.15, 0.2) is 35.3 Å². The fraction of sp³-hybridized carbons (Fsp3) is 0.412. The smallest absolute Gasteiger partial charge is 0.392 e. The molecular formula is C17H17F3N2O3. The number of alkyl halides is 3. The molecule has 1 fully saturated rings. The van der Waals surface area contributed by atoms with Crippen LogP contribution in [-0.4, -0.2) is 34.9 Å². The van der Waals surface area contributed by atoms with Crippen molar-refractivity contribution in [1.29, 1.82) is 0 Å². The van der Waals surface area contributed by atoms with Crippen molar-refractivity contribution >= 4 is 16.7 Å². The Morgan fingerprint density at radius 1 is 1.36 bits per heavy atom. The molecule has 2 N–H and O–H groups in total. The molecule has 3 rings (SSSR count). The van der Waals surface area contributed by atoms with Crippen LogP contribution < -0.4 is 10.9 Å². The van der Waals surface area contributed by atoms with E-state index in [-0.39, 0.29) is 24.1 Å². The molecule has 0 radical (unpaired) electrons. The molecule has 1 heterocycles. The van der Waals surface area contributed by atoms with Crippen molar-refractivity contribution in [2.75, 3.05) is 13.2 Å². The topological polar surface area (TPSA) is 71.3 Å². The summed E-state index contributed by atoms with van der Waals surface area (Å²) in [5.41, 5.74) is -1.42. The van der Waals surface area contributed by atoms with Gasteiger partial charge in [-0.25, -0.2) is 0 Å². The highest BCUT2D eigenvalue weighted by Gasteiger charge is 2.66. The molecule has 0 aliphatic heterocycles. The third kappa shape index (κ3) is 3.02. The average molecular weight is 354 g/mol. The van der Waals surface area contributed by atoms with Crippen molar-refractivity contribution in [2.24, 2.45) is 18.4 Å². The lowest BCUT2D eigenvalue weighted by molar-refractivity contribution is -0.158. The lowest BCUT2D eigenvalue weighted by Gasteiger charge is -2.17. The predicted molar refractivity (Wildman–Crippen MR) is 85.2 cm³/mol. The summed E-state index contributed by atoms with van der Waals surface area (Å²) >= 11 is 0. The minimum atomic E-state index is -4.39. The van der Waals surface area contributed by atoms with Gasteiger partial charge in [-0.05, 0) is 12.5 Å². The number of carbonyl (C=O) groups is 1. The van der Waals surface area contributed by atoms with Gasteiger partial charge >= 0.3 is 6.18 Å². The van der Waals surface area contributed by atoms with Gasteiger partial charge in [0.1, 0.15) is 0 Å². The van der Waals surface area contributed by atoms with Gasteiger partial charge in [-0.3, -0.25) is 9.59 Å². The Balaban J connectivity index is 1.85. The number of hydrogen-bond donors (Lipinski definition) is 2. The third-order valence-corrected chi connectivity index (χ3v) is 4.84. The fourth-order valence-electron chi connectivity index (χ4n) is 3.19. The molecule has 0 saturated heterocycles. The van der Waals surface area contributed by atoms with Gasteiger partial charge in [0.25, 0.3) is 11.5 Å². The first-order valence-electron chi connectivity index (χ1n) is 7.74. The maximum Gasteiger partial charge on any atom is 0.392 e. The normalized spacial score (nSPS) is 22.8. The number of aliphatic hydroxyl groups excluding tert-OH is 1. The van der Waals surface area contributed by atoms with Crippen molar-refractivity contribution in [3.05, 3.63) is 46.4 Å². The van der Waals surface area contributed by atoms with Gasteiger partial charge in [-0.15, -0.1) is 0 Å². The fourth-order valence-corrected chi connectivity index (χ4v) is 3.19. The summed E-state index contributed by atoms with van der Waals surface area (Å²) in [6, 6.07) is 6.55. The van der Waals surface area contributed by atoms with Crippen LogP contribution >= 0.6 is 0 Å². The molecule has 1 aromatic carbocycles. The van der Waals surface area contributed by atoms with Crippen LogP contribution in [0.5, 0.6) is 0 Å². The summed E-state index contributed by atoms with van der Waals surface area (Å²) in [5, 5.41) is 12.6. The molecule has 8 heteroatoms. The summed E-state index contributed by atoms with van der Waals surface area (Å²) in [4.78, 5) is 24.6. The van der Waals surface area contributed by atoms with Crippen LogP contribution in [0.1, 0.15) is 16.8 Å². The molecule has 0 unspecified atom stereocenters. The van der Waals surface area contributed by atoms with Crippen LogP contribution in [0, 0.1) is 11.3 Å². The molecule has 134 valence electrons. The highest BCUT2D eigenvalue weighted by molar-refractivity contribution is 6.06. The van der Waals surface area contributed by atoms with Gasteiger partial charge in [0.05, 0.1) is 18.1 Å². The average Bonchev–Trinajstić information content (AvgIpc) is 3.32. The highest BCUT2D eigenvalue weighted by atomic mass is 19.4. The highest BCUT2D eigenvalue weighted by Crippen LogP contribution is 2.59. The molecule has 1 aliphatic carbocycles. The van der Waals surface area contributed by atoms with E-state index < -0.39 is 30.0 Å². The van der Waals surface area contributed by atoms with Crippen LogP contribution in [0.25, 0.3) is 10.8 Å². The Hall–Kier alpha value is -2.35. The molecule has 2 atom stereocenters. The largest absolute Gasteiger partial charge is 0.396 e. The molecule has 5 nitrogen and oxygen atoms in total. The number of halogens is 3. The second kappa shape index (κ2) is 5.87. The number of nitrogens with zero attached hydrogens (tertiary/aromatic N) is 1. The number of amides is 1.